The number of rotatable bonds is 2. The van der Waals surface area contributed by atoms with Gasteiger partial charge >= 0.3 is 13.3 Å². The summed E-state index contributed by atoms with van der Waals surface area (Å²) in [6, 6.07) is 1.20. The van der Waals surface area contributed by atoms with E-state index in [0.29, 0.717) is 0 Å². The minimum Gasteiger partial charge on any atom is -0.481 e. The zero-order chi connectivity index (χ0) is 16.1. The highest BCUT2D eigenvalue weighted by molar-refractivity contribution is 6.62. The zero-order valence-corrected chi connectivity index (χ0v) is 12.5. The normalized spacial score (nSPS) is 20.7. The molecule has 1 aliphatic rings. The SMILES string of the molecule is COc1cc(B2OC(C)(C)C(C)(C)O2)c(C(F)(F)F)cn1. The van der Waals surface area contributed by atoms with E-state index < -0.39 is 30.1 Å². The minimum atomic E-state index is -4.54. The lowest BCUT2D eigenvalue weighted by Gasteiger charge is -2.32. The first kappa shape index (κ1) is 16.1. The Bertz CT molecular complexity index is 530. The van der Waals surface area contributed by atoms with E-state index in [1.165, 1.54) is 13.2 Å². The highest BCUT2D eigenvalue weighted by Crippen LogP contribution is 2.38. The van der Waals surface area contributed by atoms with Crippen LogP contribution in [0.4, 0.5) is 13.2 Å². The maximum Gasteiger partial charge on any atom is 0.495 e. The Morgan fingerprint density at radius 3 is 2.10 bits per heavy atom. The van der Waals surface area contributed by atoms with E-state index >= 15 is 0 Å². The van der Waals surface area contributed by atoms with E-state index in [9.17, 15) is 13.2 Å². The molecule has 0 spiro atoms. The standard InChI is InChI=1S/C13H17BF3NO3/c1-11(2)12(3,4)21-14(20-11)9-6-10(19-5)18-7-8(9)13(15,16)17/h6-7H,1-5H3. The molecule has 1 aromatic heterocycles. The van der Waals surface area contributed by atoms with Crippen molar-refractivity contribution in [1.82, 2.24) is 4.98 Å². The van der Waals surface area contributed by atoms with Gasteiger partial charge in [-0.25, -0.2) is 4.98 Å². The summed E-state index contributed by atoms with van der Waals surface area (Å²) in [4.78, 5) is 3.62. The van der Waals surface area contributed by atoms with Crippen LogP contribution in [0.1, 0.15) is 33.3 Å². The second-order valence-corrected chi connectivity index (χ2v) is 5.90. The molecule has 0 N–H and O–H groups in total. The molecule has 1 aromatic rings. The van der Waals surface area contributed by atoms with Crippen molar-refractivity contribution < 1.29 is 27.2 Å². The third-order valence-electron chi connectivity index (χ3n) is 3.93. The van der Waals surface area contributed by atoms with E-state index in [2.05, 4.69) is 4.98 Å². The van der Waals surface area contributed by atoms with Gasteiger partial charge in [0.1, 0.15) is 0 Å². The Balaban J connectivity index is 2.48. The second-order valence-electron chi connectivity index (χ2n) is 5.90. The second kappa shape index (κ2) is 4.88. The average molecular weight is 303 g/mol. The summed E-state index contributed by atoms with van der Waals surface area (Å²) in [5, 5.41) is 0. The molecular formula is C13H17BF3NO3. The molecule has 0 aromatic carbocycles. The summed E-state index contributed by atoms with van der Waals surface area (Å²) < 4.78 is 55.6. The smallest absolute Gasteiger partial charge is 0.481 e. The quantitative estimate of drug-likeness (QED) is 0.787. The number of aromatic nitrogens is 1. The van der Waals surface area contributed by atoms with Crippen molar-refractivity contribution in [1.29, 1.82) is 0 Å². The summed E-state index contributed by atoms with van der Waals surface area (Å²) in [6.45, 7) is 7.11. The predicted octanol–water partition coefficient (Wildman–Crippen LogP) is 2.41. The van der Waals surface area contributed by atoms with Crippen LogP contribution in [0.2, 0.25) is 0 Å². The number of nitrogens with zero attached hydrogens (tertiary/aromatic N) is 1. The van der Waals surface area contributed by atoms with Crippen LogP contribution in [-0.2, 0) is 15.5 Å². The van der Waals surface area contributed by atoms with E-state index in [1.807, 2.05) is 0 Å². The van der Waals surface area contributed by atoms with Gasteiger partial charge in [0, 0.05) is 17.7 Å². The number of hydrogen-bond donors (Lipinski definition) is 0. The molecule has 0 unspecified atom stereocenters. The average Bonchev–Trinajstić information content (AvgIpc) is 2.56. The van der Waals surface area contributed by atoms with Gasteiger partial charge in [0.05, 0.1) is 23.9 Å². The molecule has 0 bridgehead atoms. The summed E-state index contributed by atoms with van der Waals surface area (Å²) >= 11 is 0. The number of ether oxygens (including phenoxy) is 1. The van der Waals surface area contributed by atoms with Gasteiger partial charge in [-0.1, -0.05) is 0 Å². The molecule has 0 amide bonds. The molecule has 21 heavy (non-hydrogen) atoms. The van der Waals surface area contributed by atoms with Crippen LogP contribution in [0.5, 0.6) is 5.88 Å². The van der Waals surface area contributed by atoms with E-state index in [-0.39, 0.29) is 11.3 Å². The predicted molar refractivity (Wildman–Crippen MR) is 71.5 cm³/mol. The number of methoxy groups -OCH3 is 1. The fourth-order valence-corrected chi connectivity index (χ4v) is 1.96. The van der Waals surface area contributed by atoms with Crippen molar-refractivity contribution in [2.45, 2.75) is 45.1 Å². The number of pyridine rings is 1. The fraction of sp³-hybridized carbons (Fsp3) is 0.615. The van der Waals surface area contributed by atoms with Gasteiger partial charge in [0.15, 0.2) is 0 Å². The molecule has 0 saturated carbocycles. The topological polar surface area (TPSA) is 40.6 Å². The Hall–Kier alpha value is -1.28. The van der Waals surface area contributed by atoms with Gasteiger partial charge in [-0.2, -0.15) is 13.2 Å². The van der Waals surface area contributed by atoms with Crippen LogP contribution >= 0.6 is 0 Å². The van der Waals surface area contributed by atoms with Gasteiger partial charge in [-0.3, -0.25) is 0 Å². The maximum atomic E-state index is 13.1. The van der Waals surface area contributed by atoms with Crippen molar-refractivity contribution in [2.75, 3.05) is 7.11 Å². The Labute approximate surface area is 121 Å². The van der Waals surface area contributed by atoms with E-state index in [4.69, 9.17) is 14.0 Å². The monoisotopic (exact) mass is 303 g/mol. The van der Waals surface area contributed by atoms with Gasteiger partial charge < -0.3 is 14.0 Å². The summed E-state index contributed by atoms with van der Waals surface area (Å²) in [7, 11) is 0.215. The molecule has 8 heteroatoms. The molecule has 2 heterocycles. The summed E-state index contributed by atoms with van der Waals surface area (Å²) in [5.74, 6) is 0.0766. The molecule has 0 radical (unpaired) electrons. The van der Waals surface area contributed by atoms with Gasteiger partial charge in [0.25, 0.3) is 0 Å². The highest BCUT2D eigenvalue weighted by Gasteiger charge is 2.53. The van der Waals surface area contributed by atoms with Crippen LogP contribution in [0.25, 0.3) is 0 Å². The molecule has 4 nitrogen and oxygen atoms in total. The van der Waals surface area contributed by atoms with E-state index in [1.54, 1.807) is 27.7 Å². The van der Waals surface area contributed by atoms with Gasteiger partial charge in [-0.15, -0.1) is 0 Å². The van der Waals surface area contributed by atoms with Crippen molar-refractivity contribution in [3.63, 3.8) is 0 Å². The lowest BCUT2D eigenvalue weighted by atomic mass is 9.76. The van der Waals surface area contributed by atoms with Crippen LogP contribution in [-0.4, -0.2) is 30.4 Å². The number of alkyl halides is 3. The molecule has 2 rings (SSSR count). The zero-order valence-electron chi connectivity index (χ0n) is 12.5. The first-order chi connectivity index (χ1) is 9.48. The maximum absolute atomic E-state index is 13.1. The summed E-state index contributed by atoms with van der Waals surface area (Å²) in [5.41, 5.74) is -2.47. The van der Waals surface area contributed by atoms with Gasteiger partial charge in [0.2, 0.25) is 5.88 Å². The molecule has 0 atom stereocenters. The third-order valence-corrected chi connectivity index (χ3v) is 3.93. The van der Waals surface area contributed by atoms with E-state index in [0.717, 1.165) is 6.20 Å². The van der Waals surface area contributed by atoms with Gasteiger partial charge in [-0.05, 0) is 27.7 Å². The van der Waals surface area contributed by atoms with Crippen molar-refractivity contribution in [3.05, 3.63) is 17.8 Å². The molecule has 1 fully saturated rings. The van der Waals surface area contributed by atoms with Crippen molar-refractivity contribution in [3.8, 4) is 5.88 Å². The van der Waals surface area contributed by atoms with Crippen LogP contribution < -0.4 is 10.2 Å². The van der Waals surface area contributed by atoms with Crippen molar-refractivity contribution in [2.24, 2.45) is 0 Å². The van der Waals surface area contributed by atoms with Crippen LogP contribution in [0.15, 0.2) is 12.3 Å². The molecule has 0 aliphatic carbocycles. The Kier molecular flexibility index (Phi) is 3.74. The third kappa shape index (κ3) is 2.87. The Morgan fingerprint density at radius 2 is 1.67 bits per heavy atom. The highest BCUT2D eigenvalue weighted by atomic mass is 19.4. The first-order valence-electron chi connectivity index (χ1n) is 6.45. The lowest BCUT2D eigenvalue weighted by molar-refractivity contribution is -0.137. The minimum absolute atomic E-state index is 0.0766. The molecule has 116 valence electrons. The summed E-state index contributed by atoms with van der Waals surface area (Å²) in [6.07, 6.45) is -3.81. The van der Waals surface area contributed by atoms with Crippen LogP contribution in [0, 0.1) is 0 Å². The fourth-order valence-electron chi connectivity index (χ4n) is 1.96. The lowest BCUT2D eigenvalue weighted by Crippen LogP contribution is -2.41. The molecule has 1 aliphatic heterocycles. The van der Waals surface area contributed by atoms with Crippen LogP contribution in [0.3, 0.4) is 0 Å². The number of halogens is 3. The number of hydrogen-bond acceptors (Lipinski definition) is 4. The van der Waals surface area contributed by atoms with Crippen molar-refractivity contribution >= 4 is 12.6 Å². The largest absolute Gasteiger partial charge is 0.495 e. The molecule has 1 saturated heterocycles. The first-order valence-corrected chi connectivity index (χ1v) is 6.45. The molecular weight excluding hydrogens is 286 g/mol. The Morgan fingerprint density at radius 1 is 1.14 bits per heavy atom.